The van der Waals surface area contributed by atoms with Gasteiger partial charge in [0.15, 0.2) is 6.61 Å². The van der Waals surface area contributed by atoms with Crippen molar-refractivity contribution in [2.24, 2.45) is 0 Å². The summed E-state index contributed by atoms with van der Waals surface area (Å²) in [6.07, 6.45) is 0. The molecule has 0 atom stereocenters. The normalized spacial score (nSPS) is 11.8. The number of esters is 1. The molecule has 2 aromatic carbocycles. The minimum absolute atomic E-state index is 0.0963. The summed E-state index contributed by atoms with van der Waals surface area (Å²) < 4.78 is 5.25. The molecule has 0 unspecified atom stereocenters. The Hall–Kier alpha value is -2.62. The van der Waals surface area contributed by atoms with Crippen molar-refractivity contribution >= 4 is 17.6 Å². The molecule has 4 heteroatoms. The predicted molar refractivity (Wildman–Crippen MR) is 109 cm³/mol. The smallest absolute Gasteiger partial charge is 0.338 e. The first kappa shape index (κ1) is 20.7. The van der Waals surface area contributed by atoms with Crippen LogP contribution < -0.4 is 5.32 Å². The molecular formula is C23H29NO3. The molecule has 0 aliphatic heterocycles. The molecule has 4 nitrogen and oxygen atoms in total. The van der Waals surface area contributed by atoms with Crippen LogP contribution in [0, 0.1) is 0 Å². The molecule has 0 heterocycles. The molecule has 0 bridgehead atoms. The van der Waals surface area contributed by atoms with Gasteiger partial charge in [-0.25, -0.2) is 4.79 Å². The fraction of sp³-hybridized carbons (Fsp3) is 0.391. The van der Waals surface area contributed by atoms with Crippen LogP contribution in [0.5, 0.6) is 0 Å². The maximum atomic E-state index is 12.6. The molecule has 1 N–H and O–H groups in total. The van der Waals surface area contributed by atoms with Crippen molar-refractivity contribution in [3.05, 3.63) is 65.2 Å². The standard InChI is InChI=1S/C23H29NO3/c1-22(2,3)17-12-16(13-18(14-17)23(4,5)6)21(26)27-15-20(25)24-19-10-8-7-9-11-19/h7-14H,15H2,1-6H3,(H,24,25). The highest BCUT2D eigenvalue weighted by Gasteiger charge is 2.23. The Labute approximate surface area is 161 Å². The number of para-hydroxylation sites is 1. The summed E-state index contributed by atoms with van der Waals surface area (Å²) in [5, 5.41) is 2.70. The van der Waals surface area contributed by atoms with Crippen molar-refractivity contribution < 1.29 is 14.3 Å². The van der Waals surface area contributed by atoms with Crippen LogP contribution in [-0.2, 0) is 20.4 Å². The van der Waals surface area contributed by atoms with Crippen LogP contribution in [0.1, 0.15) is 63.0 Å². The lowest BCUT2D eigenvalue weighted by Gasteiger charge is -2.25. The molecule has 0 spiro atoms. The first-order valence-electron chi connectivity index (χ1n) is 9.15. The summed E-state index contributed by atoms with van der Waals surface area (Å²) in [7, 11) is 0. The Morgan fingerprint density at radius 1 is 0.852 bits per heavy atom. The van der Waals surface area contributed by atoms with E-state index < -0.39 is 5.97 Å². The molecular weight excluding hydrogens is 338 g/mol. The number of rotatable bonds is 4. The van der Waals surface area contributed by atoms with Gasteiger partial charge in [-0.1, -0.05) is 65.8 Å². The number of anilines is 1. The number of carbonyl (C=O) groups is 2. The zero-order chi connectivity index (χ0) is 20.2. The zero-order valence-electron chi connectivity index (χ0n) is 17.1. The predicted octanol–water partition coefficient (Wildman–Crippen LogP) is 5.08. The third-order valence-electron chi connectivity index (χ3n) is 4.29. The molecule has 1 amide bonds. The molecule has 2 rings (SSSR count). The van der Waals surface area contributed by atoms with Crippen LogP contribution in [0.15, 0.2) is 48.5 Å². The molecule has 0 fully saturated rings. The van der Waals surface area contributed by atoms with E-state index in [1.54, 1.807) is 12.1 Å². The van der Waals surface area contributed by atoms with Crippen molar-refractivity contribution in [3.63, 3.8) is 0 Å². The number of nitrogens with one attached hydrogen (secondary N) is 1. The number of carbonyl (C=O) groups excluding carboxylic acids is 2. The van der Waals surface area contributed by atoms with Crippen molar-refractivity contribution in [1.29, 1.82) is 0 Å². The van der Waals surface area contributed by atoms with Gasteiger partial charge in [-0.05, 0) is 46.2 Å². The summed E-state index contributed by atoms with van der Waals surface area (Å²) in [6.45, 7) is 12.3. The van der Waals surface area contributed by atoms with Gasteiger partial charge in [-0.3, -0.25) is 4.79 Å². The number of ether oxygens (including phenoxy) is 1. The minimum atomic E-state index is -0.491. The van der Waals surface area contributed by atoms with E-state index in [1.807, 2.05) is 30.3 Å². The number of amides is 1. The Morgan fingerprint density at radius 2 is 1.37 bits per heavy atom. The molecule has 0 saturated heterocycles. The van der Waals surface area contributed by atoms with Crippen LogP contribution in [0.3, 0.4) is 0 Å². The van der Waals surface area contributed by atoms with E-state index in [1.165, 1.54) is 0 Å². The van der Waals surface area contributed by atoms with Crippen LogP contribution in [0.4, 0.5) is 5.69 Å². The summed E-state index contributed by atoms with van der Waals surface area (Å²) >= 11 is 0. The maximum Gasteiger partial charge on any atom is 0.338 e. The second-order valence-corrected chi connectivity index (χ2v) is 8.79. The largest absolute Gasteiger partial charge is 0.452 e. The van der Waals surface area contributed by atoms with Crippen LogP contribution in [0.2, 0.25) is 0 Å². The highest BCUT2D eigenvalue weighted by molar-refractivity contribution is 5.95. The average molecular weight is 367 g/mol. The summed E-state index contributed by atoms with van der Waals surface area (Å²) in [6, 6.07) is 14.9. The van der Waals surface area contributed by atoms with E-state index in [0.717, 1.165) is 11.1 Å². The minimum Gasteiger partial charge on any atom is -0.452 e. The molecule has 0 saturated carbocycles. The number of hydrogen-bond acceptors (Lipinski definition) is 3. The lowest BCUT2D eigenvalue weighted by molar-refractivity contribution is -0.119. The van der Waals surface area contributed by atoms with E-state index in [9.17, 15) is 9.59 Å². The summed E-state index contributed by atoms with van der Waals surface area (Å²) in [5.74, 6) is -0.854. The fourth-order valence-corrected chi connectivity index (χ4v) is 2.54. The Bertz CT molecular complexity index is 780. The topological polar surface area (TPSA) is 55.4 Å². The van der Waals surface area contributed by atoms with Gasteiger partial charge in [0.05, 0.1) is 5.56 Å². The van der Waals surface area contributed by atoms with E-state index in [4.69, 9.17) is 4.74 Å². The molecule has 27 heavy (non-hydrogen) atoms. The van der Waals surface area contributed by atoms with Gasteiger partial charge in [-0.2, -0.15) is 0 Å². The molecule has 2 aromatic rings. The van der Waals surface area contributed by atoms with Gasteiger partial charge < -0.3 is 10.1 Å². The van der Waals surface area contributed by atoms with Gasteiger partial charge in [0, 0.05) is 5.69 Å². The Kier molecular flexibility index (Phi) is 6.09. The van der Waals surface area contributed by atoms with Crippen LogP contribution in [-0.4, -0.2) is 18.5 Å². The van der Waals surface area contributed by atoms with E-state index in [2.05, 4.69) is 52.9 Å². The van der Waals surface area contributed by atoms with Crippen molar-refractivity contribution in [2.75, 3.05) is 11.9 Å². The Morgan fingerprint density at radius 3 is 1.85 bits per heavy atom. The lowest BCUT2D eigenvalue weighted by Crippen LogP contribution is -2.22. The number of hydrogen-bond donors (Lipinski definition) is 1. The molecule has 0 aromatic heterocycles. The highest BCUT2D eigenvalue weighted by atomic mass is 16.5. The summed E-state index contributed by atoms with van der Waals surface area (Å²) in [5.41, 5.74) is 3.08. The first-order valence-corrected chi connectivity index (χ1v) is 9.15. The van der Waals surface area contributed by atoms with Crippen molar-refractivity contribution in [2.45, 2.75) is 52.4 Å². The van der Waals surface area contributed by atoms with Gasteiger partial charge in [0.2, 0.25) is 0 Å². The van der Waals surface area contributed by atoms with Gasteiger partial charge in [-0.15, -0.1) is 0 Å². The van der Waals surface area contributed by atoms with Crippen molar-refractivity contribution in [3.8, 4) is 0 Å². The molecule has 144 valence electrons. The zero-order valence-corrected chi connectivity index (χ0v) is 17.1. The second-order valence-electron chi connectivity index (χ2n) is 8.79. The third-order valence-corrected chi connectivity index (χ3v) is 4.29. The summed E-state index contributed by atoms with van der Waals surface area (Å²) in [4.78, 5) is 24.6. The quantitative estimate of drug-likeness (QED) is 0.767. The first-order chi connectivity index (χ1) is 12.5. The molecule has 0 radical (unpaired) electrons. The molecule has 0 aliphatic rings. The van der Waals surface area contributed by atoms with Gasteiger partial charge in [0.1, 0.15) is 0 Å². The SMILES string of the molecule is CC(C)(C)c1cc(C(=O)OCC(=O)Nc2ccccc2)cc(C(C)(C)C)c1. The van der Waals surface area contributed by atoms with Gasteiger partial charge >= 0.3 is 5.97 Å². The lowest BCUT2D eigenvalue weighted by atomic mass is 9.79. The van der Waals surface area contributed by atoms with Crippen molar-refractivity contribution in [1.82, 2.24) is 0 Å². The van der Waals surface area contributed by atoms with Crippen LogP contribution >= 0.6 is 0 Å². The third kappa shape index (κ3) is 5.95. The molecule has 0 aliphatic carbocycles. The Balaban J connectivity index is 2.14. The fourth-order valence-electron chi connectivity index (χ4n) is 2.54. The monoisotopic (exact) mass is 367 g/mol. The van der Waals surface area contributed by atoms with E-state index in [0.29, 0.717) is 11.3 Å². The van der Waals surface area contributed by atoms with Gasteiger partial charge in [0.25, 0.3) is 5.91 Å². The van der Waals surface area contributed by atoms with E-state index >= 15 is 0 Å². The van der Waals surface area contributed by atoms with E-state index in [-0.39, 0.29) is 23.3 Å². The number of benzene rings is 2. The highest BCUT2D eigenvalue weighted by Crippen LogP contribution is 2.30. The second kappa shape index (κ2) is 7.95. The van der Waals surface area contributed by atoms with Crippen LogP contribution in [0.25, 0.3) is 0 Å². The average Bonchev–Trinajstić information content (AvgIpc) is 2.58. The maximum absolute atomic E-state index is 12.6.